The molecular weight excluding hydrogens is 362 g/mol. The van der Waals surface area contributed by atoms with E-state index >= 15 is 0 Å². The summed E-state index contributed by atoms with van der Waals surface area (Å²) in [6.07, 6.45) is 0.0664. The molecule has 1 unspecified atom stereocenters. The monoisotopic (exact) mass is 383 g/mol. The van der Waals surface area contributed by atoms with Crippen LogP contribution in [0.1, 0.15) is 17.5 Å². The van der Waals surface area contributed by atoms with Gasteiger partial charge in [0.15, 0.2) is 0 Å². The number of hydrogen-bond acceptors (Lipinski definition) is 5. The molecule has 0 saturated carbocycles. The van der Waals surface area contributed by atoms with Gasteiger partial charge < -0.3 is 15.0 Å². The third kappa shape index (κ3) is 3.80. The van der Waals surface area contributed by atoms with Crippen molar-refractivity contribution < 1.29 is 19.2 Å². The molecule has 28 heavy (non-hydrogen) atoms. The summed E-state index contributed by atoms with van der Waals surface area (Å²) in [5, 5.41) is 13.8. The molecule has 146 valence electrons. The second-order valence-corrected chi connectivity index (χ2v) is 6.83. The first-order valence-electron chi connectivity index (χ1n) is 8.81. The Balaban J connectivity index is 1.77. The standard InChI is InChI=1S/C20H21N3O5/c1-12-4-7-18(28-3)17(8-12)22-11-14(9-19(22)24)20(25)21-15-6-5-13(2)16(10-15)23(26)27/h4-8,10,14H,9,11H2,1-3H3,(H,21,25). The number of nitrogens with one attached hydrogen (secondary N) is 1. The van der Waals surface area contributed by atoms with Gasteiger partial charge in [0.2, 0.25) is 11.8 Å². The summed E-state index contributed by atoms with van der Waals surface area (Å²) < 4.78 is 5.34. The van der Waals surface area contributed by atoms with Crippen molar-refractivity contribution in [2.45, 2.75) is 20.3 Å². The molecule has 0 spiro atoms. The topological polar surface area (TPSA) is 102 Å². The highest BCUT2D eigenvalue weighted by atomic mass is 16.6. The van der Waals surface area contributed by atoms with Crippen LogP contribution in [-0.4, -0.2) is 30.4 Å². The summed E-state index contributed by atoms with van der Waals surface area (Å²) in [4.78, 5) is 37.3. The first kappa shape index (κ1) is 19.3. The van der Waals surface area contributed by atoms with Crippen LogP contribution < -0.4 is 15.0 Å². The number of carbonyl (C=O) groups excluding carboxylic acids is 2. The maximum absolute atomic E-state index is 12.6. The molecular formula is C20H21N3O5. The Morgan fingerprint density at radius 3 is 2.68 bits per heavy atom. The van der Waals surface area contributed by atoms with Crippen LogP contribution in [0.15, 0.2) is 36.4 Å². The number of nitrogens with zero attached hydrogens (tertiary/aromatic N) is 2. The van der Waals surface area contributed by atoms with Gasteiger partial charge in [-0.3, -0.25) is 19.7 Å². The van der Waals surface area contributed by atoms with Crippen molar-refractivity contribution in [3.63, 3.8) is 0 Å². The number of rotatable bonds is 5. The predicted octanol–water partition coefficient (Wildman–Crippen LogP) is 3.21. The van der Waals surface area contributed by atoms with Crippen LogP contribution >= 0.6 is 0 Å². The number of amides is 2. The van der Waals surface area contributed by atoms with Crippen molar-refractivity contribution in [3.8, 4) is 5.75 Å². The van der Waals surface area contributed by atoms with Crippen LogP contribution in [0.2, 0.25) is 0 Å². The summed E-state index contributed by atoms with van der Waals surface area (Å²) in [7, 11) is 1.53. The molecule has 1 atom stereocenters. The van der Waals surface area contributed by atoms with Gasteiger partial charge in [0.1, 0.15) is 5.75 Å². The van der Waals surface area contributed by atoms with Gasteiger partial charge in [-0.15, -0.1) is 0 Å². The van der Waals surface area contributed by atoms with Crippen molar-refractivity contribution >= 4 is 28.9 Å². The van der Waals surface area contributed by atoms with Gasteiger partial charge in [-0.2, -0.15) is 0 Å². The number of aryl methyl sites for hydroxylation is 2. The second kappa shape index (κ2) is 7.67. The van der Waals surface area contributed by atoms with Crippen LogP contribution in [-0.2, 0) is 9.59 Å². The van der Waals surface area contributed by atoms with Crippen LogP contribution in [0.3, 0.4) is 0 Å². The fourth-order valence-electron chi connectivity index (χ4n) is 3.26. The minimum Gasteiger partial charge on any atom is -0.495 e. The Hall–Kier alpha value is -3.42. The molecule has 1 N–H and O–H groups in total. The van der Waals surface area contributed by atoms with Crippen molar-refractivity contribution in [2.75, 3.05) is 23.9 Å². The number of anilines is 2. The van der Waals surface area contributed by atoms with E-state index in [0.29, 0.717) is 22.7 Å². The van der Waals surface area contributed by atoms with Gasteiger partial charge in [-0.05, 0) is 37.6 Å². The highest BCUT2D eigenvalue weighted by molar-refractivity contribution is 6.04. The zero-order valence-corrected chi connectivity index (χ0v) is 15.9. The number of methoxy groups -OCH3 is 1. The number of carbonyl (C=O) groups is 2. The van der Waals surface area contributed by atoms with Crippen molar-refractivity contribution in [1.29, 1.82) is 0 Å². The van der Waals surface area contributed by atoms with Crippen molar-refractivity contribution in [3.05, 3.63) is 57.6 Å². The van der Waals surface area contributed by atoms with E-state index in [2.05, 4.69) is 5.32 Å². The lowest BCUT2D eigenvalue weighted by atomic mass is 10.1. The first-order chi connectivity index (χ1) is 13.3. The van der Waals surface area contributed by atoms with E-state index in [9.17, 15) is 19.7 Å². The molecule has 8 heteroatoms. The molecule has 1 fully saturated rings. The lowest BCUT2D eigenvalue weighted by Crippen LogP contribution is -2.28. The smallest absolute Gasteiger partial charge is 0.274 e. The molecule has 1 saturated heterocycles. The molecule has 3 rings (SSSR count). The molecule has 2 aromatic carbocycles. The Kier molecular flexibility index (Phi) is 5.30. The summed E-state index contributed by atoms with van der Waals surface area (Å²) in [6, 6.07) is 10.0. The number of nitro groups is 1. The van der Waals surface area contributed by atoms with Crippen molar-refractivity contribution in [1.82, 2.24) is 0 Å². The normalized spacial score (nSPS) is 16.2. The molecule has 1 aliphatic heterocycles. The average Bonchev–Trinajstić information content (AvgIpc) is 3.04. The predicted molar refractivity (Wildman–Crippen MR) is 105 cm³/mol. The second-order valence-electron chi connectivity index (χ2n) is 6.83. The van der Waals surface area contributed by atoms with Gasteiger partial charge in [0.05, 0.1) is 23.6 Å². The van der Waals surface area contributed by atoms with E-state index in [1.165, 1.54) is 13.2 Å². The molecule has 1 heterocycles. The zero-order chi connectivity index (χ0) is 20.4. The van der Waals surface area contributed by atoms with Gasteiger partial charge in [0.25, 0.3) is 5.69 Å². The maximum Gasteiger partial charge on any atom is 0.274 e. The van der Waals surface area contributed by atoms with Gasteiger partial charge >= 0.3 is 0 Å². The summed E-state index contributed by atoms with van der Waals surface area (Å²) >= 11 is 0. The zero-order valence-electron chi connectivity index (χ0n) is 15.9. The third-order valence-corrected chi connectivity index (χ3v) is 4.79. The molecule has 0 aromatic heterocycles. The molecule has 8 nitrogen and oxygen atoms in total. The number of hydrogen-bond donors (Lipinski definition) is 1. The highest BCUT2D eigenvalue weighted by Gasteiger charge is 2.36. The summed E-state index contributed by atoms with van der Waals surface area (Å²) in [5.41, 5.74) is 2.39. The maximum atomic E-state index is 12.6. The van der Waals surface area contributed by atoms with Gasteiger partial charge in [-0.25, -0.2) is 0 Å². The first-order valence-corrected chi connectivity index (χ1v) is 8.81. The summed E-state index contributed by atoms with van der Waals surface area (Å²) in [5.74, 6) is -0.508. The van der Waals surface area contributed by atoms with Crippen molar-refractivity contribution in [2.24, 2.45) is 5.92 Å². The van der Waals surface area contributed by atoms with Gasteiger partial charge in [0, 0.05) is 30.3 Å². The lowest BCUT2D eigenvalue weighted by molar-refractivity contribution is -0.385. The van der Waals surface area contributed by atoms with E-state index in [1.807, 2.05) is 19.1 Å². The Bertz CT molecular complexity index is 957. The molecule has 0 bridgehead atoms. The minimum atomic E-state index is -0.557. The number of benzene rings is 2. The molecule has 2 aromatic rings. The fraction of sp³-hybridized carbons (Fsp3) is 0.300. The van der Waals surface area contributed by atoms with Crippen LogP contribution in [0.25, 0.3) is 0 Å². The van der Waals surface area contributed by atoms with E-state index in [0.717, 1.165) is 5.56 Å². The van der Waals surface area contributed by atoms with E-state index in [4.69, 9.17) is 4.74 Å². The molecule has 0 radical (unpaired) electrons. The third-order valence-electron chi connectivity index (χ3n) is 4.79. The SMILES string of the molecule is COc1ccc(C)cc1N1CC(C(=O)Nc2ccc(C)c([N+](=O)[O-])c2)CC1=O. The largest absolute Gasteiger partial charge is 0.495 e. The Labute approximate surface area is 162 Å². The fourth-order valence-corrected chi connectivity index (χ4v) is 3.26. The van der Waals surface area contributed by atoms with Gasteiger partial charge in [-0.1, -0.05) is 12.1 Å². The van der Waals surface area contributed by atoms with Crippen LogP contribution in [0.5, 0.6) is 5.75 Å². The molecule has 0 aliphatic carbocycles. The number of nitro benzene ring substituents is 1. The number of ether oxygens (including phenoxy) is 1. The molecule has 2 amide bonds. The van der Waals surface area contributed by atoms with E-state index in [1.54, 1.807) is 30.0 Å². The van der Waals surface area contributed by atoms with Crippen LogP contribution in [0.4, 0.5) is 17.1 Å². The lowest BCUT2D eigenvalue weighted by Gasteiger charge is -2.20. The highest BCUT2D eigenvalue weighted by Crippen LogP contribution is 2.34. The van der Waals surface area contributed by atoms with Crippen LogP contribution in [0, 0.1) is 29.9 Å². The van der Waals surface area contributed by atoms with E-state index < -0.39 is 10.8 Å². The average molecular weight is 383 g/mol. The Morgan fingerprint density at radius 2 is 2.00 bits per heavy atom. The quantitative estimate of drug-likeness (QED) is 0.631. The summed E-state index contributed by atoms with van der Waals surface area (Å²) in [6.45, 7) is 3.77. The molecule has 1 aliphatic rings. The van der Waals surface area contributed by atoms with E-state index in [-0.39, 0.29) is 30.5 Å². The minimum absolute atomic E-state index is 0.0635. The Morgan fingerprint density at radius 1 is 1.25 bits per heavy atom.